The Kier molecular flexibility index (Phi) is 3.54. The number of rotatable bonds is 3. The van der Waals surface area contributed by atoms with Crippen molar-refractivity contribution >= 4 is 5.95 Å². The molecule has 104 valence electrons. The lowest BCUT2D eigenvalue weighted by Crippen LogP contribution is -2.33. The van der Waals surface area contributed by atoms with Gasteiger partial charge in [-0.15, -0.1) is 0 Å². The topological polar surface area (TPSA) is 49.0 Å². The Bertz CT molecular complexity index is 663. The number of anilines is 1. The zero-order chi connectivity index (χ0) is 13.9. The van der Waals surface area contributed by atoms with Crippen LogP contribution in [0, 0.1) is 0 Å². The van der Waals surface area contributed by atoms with Crippen LogP contribution in [0.5, 0.6) is 0 Å². The number of hydrogen-bond acceptors (Lipinski definition) is 3. The van der Waals surface area contributed by atoms with Crippen LogP contribution in [0.4, 0.5) is 5.95 Å². The SMILES string of the molecule is CCCc1cc(=O)[nH]c(N2CCc3ccccc3C2)n1. The molecule has 0 spiro atoms. The van der Waals surface area contributed by atoms with E-state index in [2.05, 4.69) is 46.1 Å². The van der Waals surface area contributed by atoms with E-state index in [1.165, 1.54) is 11.1 Å². The molecule has 2 aromatic rings. The van der Waals surface area contributed by atoms with Gasteiger partial charge >= 0.3 is 0 Å². The molecule has 4 nitrogen and oxygen atoms in total. The van der Waals surface area contributed by atoms with E-state index >= 15 is 0 Å². The summed E-state index contributed by atoms with van der Waals surface area (Å²) in [5, 5.41) is 0. The average molecular weight is 269 g/mol. The van der Waals surface area contributed by atoms with Crippen molar-refractivity contribution in [1.29, 1.82) is 0 Å². The minimum Gasteiger partial charge on any atom is -0.338 e. The first-order valence-corrected chi connectivity index (χ1v) is 7.18. The summed E-state index contributed by atoms with van der Waals surface area (Å²) in [6.07, 6.45) is 2.85. The molecule has 20 heavy (non-hydrogen) atoms. The number of hydrogen-bond donors (Lipinski definition) is 1. The first-order chi connectivity index (χ1) is 9.76. The zero-order valence-corrected chi connectivity index (χ0v) is 11.7. The Labute approximate surface area is 118 Å². The molecule has 0 atom stereocenters. The highest BCUT2D eigenvalue weighted by atomic mass is 16.1. The highest BCUT2D eigenvalue weighted by Crippen LogP contribution is 2.21. The van der Waals surface area contributed by atoms with E-state index in [0.29, 0.717) is 5.95 Å². The lowest BCUT2D eigenvalue weighted by atomic mass is 10.0. The van der Waals surface area contributed by atoms with E-state index in [1.807, 2.05) is 0 Å². The smallest absolute Gasteiger partial charge is 0.252 e. The van der Waals surface area contributed by atoms with Crippen molar-refractivity contribution in [3.8, 4) is 0 Å². The Morgan fingerprint density at radius 3 is 2.90 bits per heavy atom. The van der Waals surface area contributed by atoms with Crippen LogP contribution in [-0.2, 0) is 19.4 Å². The predicted molar refractivity (Wildman–Crippen MR) is 80.0 cm³/mol. The number of fused-ring (bicyclic) bond motifs is 1. The summed E-state index contributed by atoms with van der Waals surface area (Å²) < 4.78 is 0. The van der Waals surface area contributed by atoms with Gasteiger partial charge < -0.3 is 4.90 Å². The van der Waals surface area contributed by atoms with E-state index in [-0.39, 0.29) is 5.56 Å². The third kappa shape index (κ3) is 2.59. The van der Waals surface area contributed by atoms with Crippen molar-refractivity contribution in [1.82, 2.24) is 9.97 Å². The molecule has 0 unspecified atom stereocenters. The third-order valence-electron chi connectivity index (χ3n) is 3.72. The molecule has 0 amide bonds. The highest BCUT2D eigenvalue weighted by Gasteiger charge is 2.18. The van der Waals surface area contributed by atoms with Gasteiger partial charge in [-0.05, 0) is 24.0 Å². The van der Waals surface area contributed by atoms with Gasteiger partial charge in [-0.25, -0.2) is 4.98 Å². The second kappa shape index (κ2) is 5.49. The van der Waals surface area contributed by atoms with Gasteiger partial charge in [-0.3, -0.25) is 9.78 Å². The Balaban J connectivity index is 1.89. The van der Waals surface area contributed by atoms with Crippen LogP contribution < -0.4 is 10.5 Å². The standard InChI is InChI=1S/C16H19N3O/c1-2-5-14-10-15(20)18-16(17-14)19-9-8-12-6-3-4-7-13(12)11-19/h3-4,6-7,10H,2,5,8-9,11H2,1H3,(H,17,18,20). The number of nitrogens with zero attached hydrogens (tertiary/aromatic N) is 2. The number of H-pyrrole nitrogens is 1. The van der Waals surface area contributed by atoms with Crippen LogP contribution in [-0.4, -0.2) is 16.5 Å². The molecule has 2 heterocycles. The van der Waals surface area contributed by atoms with Crippen LogP contribution in [0.15, 0.2) is 35.1 Å². The van der Waals surface area contributed by atoms with Gasteiger partial charge in [0.05, 0.1) is 0 Å². The highest BCUT2D eigenvalue weighted by molar-refractivity contribution is 5.39. The number of benzene rings is 1. The molecule has 3 rings (SSSR count). The molecular weight excluding hydrogens is 250 g/mol. The normalized spacial score (nSPS) is 14.2. The van der Waals surface area contributed by atoms with Crippen LogP contribution in [0.3, 0.4) is 0 Å². The Morgan fingerprint density at radius 1 is 1.30 bits per heavy atom. The zero-order valence-electron chi connectivity index (χ0n) is 11.7. The molecule has 1 N–H and O–H groups in total. The van der Waals surface area contributed by atoms with Gasteiger partial charge in [0.15, 0.2) is 0 Å². The summed E-state index contributed by atoms with van der Waals surface area (Å²) in [7, 11) is 0. The van der Waals surface area contributed by atoms with Gasteiger partial charge in [0.2, 0.25) is 5.95 Å². The fraction of sp³-hybridized carbons (Fsp3) is 0.375. The number of nitrogens with one attached hydrogen (secondary N) is 1. The molecule has 0 saturated heterocycles. The molecule has 0 aliphatic carbocycles. The van der Waals surface area contributed by atoms with E-state index in [1.54, 1.807) is 6.07 Å². The Morgan fingerprint density at radius 2 is 2.10 bits per heavy atom. The molecule has 0 saturated carbocycles. The van der Waals surface area contributed by atoms with Crippen LogP contribution in [0.25, 0.3) is 0 Å². The predicted octanol–water partition coefficient (Wildman–Crippen LogP) is 2.29. The summed E-state index contributed by atoms with van der Waals surface area (Å²) in [5.74, 6) is 0.704. The van der Waals surface area contributed by atoms with Gasteiger partial charge in [0.25, 0.3) is 5.56 Å². The van der Waals surface area contributed by atoms with Crippen LogP contribution >= 0.6 is 0 Å². The average Bonchev–Trinajstić information content (AvgIpc) is 2.46. The third-order valence-corrected chi connectivity index (χ3v) is 3.72. The summed E-state index contributed by atoms with van der Waals surface area (Å²) >= 11 is 0. The number of aromatic nitrogens is 2. The van der Waals surface area contributed by atoms with E-state index < -0.39 is 0 Å². The first-order valence-electron chi connectivity index (χ1n) is 7.18. The second-order valence-electron chi connectivity index (χ2n) is 5.25. The summed E-state index contributed by atoms with van der Waals surface area (Å²) in [6.45, 7) is 3.81. The summed E-state index contributed by atoms with van der Waals surface area (Å²) in [4.78, 5) is 21.4. The van der Waals surface area contributed by atoms with E-state index in [9.17, 15) is 4.79 Å². The number of aromatic amines is 1. The molecule has 1 aromatic carbocycles. The molecule has 4 heteroatoms. The second-order valence-corrected chi connectivity index (χ2v) is 5.25. The van der Waals surface area contributed by atoms with Gasteiger partial charge in [-0.1, -0.05) is 37.6 Å². The van der Waals surface area contributed by atoms with Gasteiger partial charge in [0, 0.05) is 24.8 Å². The lowest BCUT2D eigenvalue weighted by molar-refractivity contribution is 0.699. The van der Waals surface area contributed by atoms with Gasteiger partial charge in [-0.2, -0.15) is 0 Å². The molecule has 0 radical (unpaired) electrons. The fourth-order valence-electron chi connectivity index (χ4n) is 2.70. The summed E-state index contributed by atoms with van der Waals surface area (Å²) in [6, 6.07) is 10.1. The fourth-order valence-corrected chi connectivity index (χ4v) is 2.70. The maximum absolute atomic E-state index is 11.8. The molecular formula is C16H19N3O. The largest absolute Gasteiger partial charge is 0.338 e. The van der Waals surface area contributed by atoms with Crippen molar-refractivity contribution in [2.45, 2.75) is 32.7 Å². The minimum atomic E-state index is -0.0580. The van der Waals surface area contributed by atoms with Gasteiger partial charge in [0.1, 0.15) is 0 Å². The first kappa shape index (κ1) is 12.9. The van der Waals surface area contributed by atoms with Crippen LogP contribution in [0.1, 0.15) is 30.2 Å². The monoisotopic (exact) mass is 269 g/mol. The molecule has 1 aromatic heterocycles. The quantitative estimate of drug-likeness (QED) is 0.930. The molecule has 1 aliphatic heterocycles. The van der Waals surface area contributed by atoms with Crippen molar-refractivity contribution in [2.75, 3.05) is 11.4 Å². The molecule has 1 aliphatic rings. The van der Waals surface area contributed by atoms with Crippen molar-refractivity contribution < 1.29 is 0 Å². The van der Waals surface area contributed by atoms with Crippen molar-refractivity contribution in [3.63, 3.8) is 0 Å². The minimum absolute atomic E-state index is 0.0580. The maximum Gasteiger partial charge on any atom is 0.252 e. The number of aryl methyl sites for hydroxylation is 1. The van der Waals surface area contributed by atoms with Crippen LogP contribution in [0.2, 0.25) is 0 Å². The van der Waals surface area contributed by atoms with Crippen molar-refractivity contribution in [2.24, 2.45) is 0 Å². The summed E-state index contributed by atoms with van der Waals surface area (Å²) in [5.41, 5.74) is 3.54. The van der Waals surface area contributed by atoms with E-state index in [0.717, 1.165) is 38.0 Å². The maximum atomic E-state index is 11.8. The molecule has 0 bridgehead atoms. The Hall–Kier alpha value is -2.10. The lowest BCUT2D eigenvalue weighted by Gasteiger charge is -2.29. The van der Waals surface area contributed by atoms with E-state index in [4.69, 9.17) is 0 Å². The van der Waals surface area contributed by atoms with Crippen molar-refractivity contribution in [3.05, 3.63) is 57.5 Å². The molecule has 0 fully saturated rings.